The number of aryl methyl sites for hydroxylation is 1. The number of ketones is 1. The quantitative estimate of drug-likeness (QED) is 0.624. The van der Waals surface area contributed by atoms with E-state index in [0.717, 1.165) is 37.2 Å². The van der Waals surface area contributed by atoms with Crippen LogP contribution in [-0.2, 0) is 11.2 Å². The third kappa shape index (κ3) is 2.67. The first-order valence-corrected chi connectivity index (χ1v) is 6.96. The van der Waals surface area contributed by atoms with Gasteiger partial charge in [-0.1, -0.05) is 0 Å². The maximum atomic E-state index is 12.1. The zero-order valence-electron chi connectivity index (χ0n) is 11.2. The van der Waals surface area contributed by atoms with Crippen molar-refractivity contribution >= 4 is 17.4 Å². The summed E-state index contributed by atoms with van der Waals surface area (Å²) in [4.78, 5) is 25.3. The molecule has 0 bridgehead atoms. The Labute approximate surface area is 118 Å². The zero-order chi connectivity index (χ0) is 13.9. The average molecular weight is 268 g/mol. The van der Waals surface area contributed by atoms with Gasteiger partial charge >= 0.3 is 0 Å². The smallest absolute Gasteiger partial charge is 0.237 e. The minimum Gasteiger partial charge on any atom is -0.332 e. The van der Waals surface area contributed by atoms with Crippen LogP contribution in [-0.4, -0.2) is 29.7 Å². The van der Waals surface area contributed by atoms with Crippen molar-refractivity contribution in [2.75, 3.05) is 18.4 Å². The van der Waals surface area contributed by atoms with Crippen molar-refractivity contribution < 1.29 is 9.59 Å². The second-order valence-electron chi connectivity index (χ2n) is 5.18. The van der Waals surface area contributed by atoms with Gasteiger partial charge in [-0.3, -0.25) is 9.59 Å². The summed E-state index contributed by atoms with van der Waals surface area (Å²) in [7, 11) is 0. The standard InChI is InChI=1S/C16H16N2O2/c19-15(7-10-18-8-1-2-9-18)13-3-5-14-12(11-13)4-6-16(20)17-14/h3,5,11H,1-2,4,6,8-9H2,(H,17,20). The number of rotatable bonds is 1. The molecule has 0 atom stereocenters. The number of likely N-dealkylation sites (tertiary alicyclic amines) is 1. The second kappa shape index (κ2) is 5.38. The van der Waals surface area contributed by atoms with Crippen LogP contribution in [0.2, 0.25) is 0 Å². The van der Waals surface area contributed by atoms with Crippen LogP contribution in [0.15, 0.2) is 18.2 Å². The molecule has 2 aliphatic heterocycles. The summed E-state index contributed by atoms with van der Waals surface area (Å²) in [6.45, 7) is 1.91. The van der Waals surface area contributed by atoms with Gasteiger partial charge in [0.25, 0.3) is 0 Å². The lowest BCUT2D eigenvalue weighted by atomic mass is 9.99. The lowest BCUT2D eigenvalue weighted by Gasteiger charge is -2.16. The lowest BCUT2D eigenvalue weighted by molar-refractivity contribution is -0.116. The number of fused-ring (bicyclic) bond motifs is 1. The highest BCUT2D eigenvalue weighted by Gasteiger charge is 2.16. The maximum absolute atomic E-state index is 12.1. The predicted molar refractivity (Wildman–Crippen MR) is 76.3 cm³/mol. The van der Waals surface area contributed by atoms with Crippen molar-refractivity contribution in [3.8, 4) is 12.0 Å². The SMILES string of the molecule is O=C1CCc2cc(C(=O)C#CN3CCCC3)ccc2N1. The highest BCUT2D eigenvalue weighted by Crippen LogP contribution is 2.23. The number of amides is 1. The van der Waals surface area contributed by atoms with Gasteiger partial charge in [-0.25, -0.2) is 0 Å². The number of hydrogen-bond donors (Lipinski definition) is 1. The molecule has 0 saturated carbocycles. The number of hydrogen-bond acceptors (Lipinski definition) is 3. The van der Waals surface area contributed by atoms with Gasteiger partial charge in [-0.05, 0) is 48.9 Å². The summed E-state index contributed by atoms with van der Waals surface area (Å²) in [6, 6.07) is 8.29. The summed E-state index contributed by atoms with van der Waals surface area (Å²) < 4.78 is 0. The van der Waals surface area contributed by atoms with Crippen LogP contribution in [0, 0.1) is 12.0 Å². The molecule has 20 heavy (non-hydrogen) atoms. The van der Waals surface area contributed by atoms with E-state index in [1.807, 2.05) is 11.0 Å². The molecule has 1 amide bonds. The molecular formula is C16H16N2O2. The third-order valence-electron chi connectivity index (χ3n) is 3.70. The Morgan fingerprint density at radius 2 is 2.00 bits per heavy atom. The monoisotopic (exact) mass is 268 g/mol. The van der Waals surface area contributed by atoms with E-state index in [-0.39, 0.29) is 11.7 Å². The minimum absolute atomic E-state index is 0.0328. The summed E-state index contributed by atoms with van der Waals surface area (Å²) in [5, 5.41) is 2.81. The van der Waals surface area contributed by atoms with Crippen LogP contribution in [0.4, 0.5) is 5.69 Å². The van der Waals surface area contributed by atoms with Crippen molar-refractivity contribution in [3.63, 3.8) is 0 Å². The fourth-order valence-electron chi connectivity index (χ4n) is 2.56. The van der Waals surface area contributed by atoms with E-state index in [9.17, 15) is 9.59 Å². The number of benzene rings is 1. The van der Waals surface area contributed by atoms with Crippen molar-refractivity contribution in [2.24, 2.45) is 0 Å². The highest BCUT2D eigenvalue weighted by atomic mass is 16.1. The van der Waals surface area contributed by atoms with E-state index in [0.29, 0.717) is 18.4 Å². The topological polar surface area (TPSA) is 49.4 Å². The van der Waals surface area contributed by atoms with Gasteiger partial charge in [0.1, 0.15) is 0 Å². The molecule has 1 aromatic carbocycles. The molecular weight excluding hydrogens is 252 g/mol. The largest absolute Gasteiger partial charge is 0.332 e. The number of carbonyl (C=O) groups excluding carboxylic acids is 2. The molecule has 4 heteroatoms. The van der Waals surface area contributed by atoms with Crippen molar-refractivity contribution in [3.05, 3.63) is 29.3 Å². The molecule has 2 heterocycles. The van der Waals surface area contributed by atoms with Gasteiger partial charge in [0.05, 0.1) is 0 Å². The predicted octanol–water partition coefficient (Wildman–Crippen LogP) is 1.81. The fraction of sp³-hybridized carbons (Fsp3) is 0.375. The highest BCUT2D eigenvalue weighted by molar-refractivity contribution is 6.09. The summed E-state index contributed by atoms with van der Waals surface area (Å²) in [5.41, 5.74) is 2.43. The molecule has 1 aromatic rings. The Morgan fingerprint density at radius 3 is 2.80 bits per heavy atom. The number of carbonyl (C=O) groups is 2. The number of anilines is 1. The first-order valence-electron chi connectivity index (χ1n) is 6.96. The Kier molecular flexibility index (Phi) is 3.42. The molecule has 0 aliphatic carbocycles. The Morgan fingerprint density at radius 1 is 1.20 bits per heavy atom. The number of nitrogens with one attached hydrogen (secondary N) is 1. The molecule has 102 valence electrons. The van der Waals surface area contributed by atoms with E-state index >= 15 is 0 Å². The van der Waals surface area contributed by atoms with Crippen LogP contribution < -0.4 is 5.32 Å². The van der Waals surface area contributed by atoms with Gasteiger partial charge in [0, 0.05) is 36.8 Å². The second-order valence-corrected chi connectivity index (χ2v) is 5.18. The van der Waals surface area contributed by atoms with Crippen molar-refractivity contribution in [1.29, 1.82) is 0 Å². The first-order chi connectivity index (χ1) is 9.72. The molecule has 0 spiro atoms. The number of nitrogens with zero attached hydrogens (tertiary/aromatic N) is 1. The van der Waals surface area contributed by atoms with Gasteiger partial charge in [-0.15, -0.1) is 0 Å². The first kappa shape index (κ1) is 12.7. The Bertz CT molecular complexity index is 619. The van der Waals surface area contributed by atoms with Crippen molar-refractivity contribution in [1.82, 2.24) is 4.90 Å². The van der Waals surface area contributed by atoms with Crippen LogP contribution in [0.5, 0.6) is 0 Å². The molecule has 4 nitrogen and oxygen atoms in total. The van der Waals surface area contributed by atoms with E-state index < -0.39 is 0 Å². The minimum atomic E-state index is -0.156. The van der Waals surface area contributed by atoms with E-state index in [1.165, 1.54) is 0 Å². The van der Waals surface area contributed by atoms with Crippen LogP contribution in [0.25, 0.3) is 0 Å². The molecule has 1 fully saturated rings. The van der Waals surface area contributed by atoms with Crippen LogP contribution in [0.3, 0.4) is 0 Å². The summed E-state index contributed by atoms with van der Waals surface area (Å²) in [6.07, 6.45) is 3.47. The summed E-state index contributed by atoms with van der Waals surface area (Å²) >= 11 is 0. The molecule has 1 N–H and O–H groups in total. The summed E-state index contributed by atoms with van der Waals surface area (Å²) in [5.74, 6) is 2.58. The maximum Gasteiger partial charge on any atom is 0.237 e. The van der Waals surface area contributed by atoms with Gasteiger partial charge in [-0.2, -0.15) is 0 Å². The average Bonchev–Trinajstić information content (AvgIpc) is 2.97. The van der Waals surface area contributed by atoms with Gasteiger partial charge in [0.15, 0.2) is 0 Å². The van der Waals surface area contributed by atoms with E-state index in [2.05, 4.69) is 17.3 Å². The normalized spacial score (nSPS) is 17.0. The molecule has 3 rings (SSSR count). The van der Waals surface area contributed by atoms with Crippen LogP contribution >= 0.6 is 0 Å². The van der Waals surface area contributed by atoms with Crippen molar-refractivity contribution in [2.45, 2.75) is 25.7 Å². The zero-order valence-corrected chi connectivity index (χ0v) is 11.2. The van der Waals surface area contributed by atoms with Gasteiger partial charge in [0.2, 0.25) is 11.7 Å². The molecule has 0 radical (unpaired) electrons. The molecule has 0 aromatic heterocycles. The van der Waals surface area contributed by atoms with Gasteiger partial charge < -0.3 is 10.2 Å². The lowest BCUT2D eigenvalue weighted by Crippen LogP contribution is -2.19. The Hall–Kier alpha value is -2.28. The third-order valence-corrected chi connectivity index (χ3v) is 3.70. The Balaban J connectivity index is 1.76. The van der Waals surface area contributed by atoms with E-state index in [1.54, 1.807) is 12.1 Å². The fourth-order valence-corrected chi connectivity index (χ4v) is 2.56. The van der Waals surface area contributed by atoms with E-state index in [4.69, 9.17) is 0 Å². The number of Topliss-reactive ketones (excluding diaryl/α,β-unsaturated/α-hetero) is 1. The molecule has 0 unspecified atom stereocenters. The molecule has 1 saturated heterocycles. The van der Waals surface area contributed by atoms with Crippen LogP contribution in [0.1, 0.15) is 35.2 Å². The molecule has 2 aliphatic rings.